The summed E-state index contributed by atoms with van der Waals surface area (Å²) in [7, 11) is -1.73. The van der Waals surface area contributed by atoms with Crippen LogP contribution in [0.2, 0.25) is 0 Å². The fourth-order valence-corrected chi connectivity index (χ4v) is 6.92. The molecule has 0 saturated carbocycles. The molecule has 4 rings (SSSR count). The van der Waals surface area contributed by atoms with Crippen molar-refractivity contribution < 1.29 is 0 Å². The van der Waals surface area contributed by atoms with Crippen LogP contribution in [0.25, 0.3) is 11.3 Å². The Bertz CT molecular complexity index is 904. The minimum Gasteiger partial charge on any atom is -0.361 e. The number of rotatable bonds is 4. The van der Waals surface area contributed by atoms with Crippen LogP contribution < -0.4 is 15.9 Å². The van der Waals surface area contributed by atoms with Crippen molar-refractivity contribution in [2.75, 3.05) is 6.66 Å². The van der Waals surface area contributed by atoms with E-state index in [1.807, 2.05) is 6.20 Å². The monoisotopic (exact) mass is 342 g/mol. The van der Waals surface area contributed by atoms with Crippen LogP contribution in [-0.2, 0) is 0 Å². The number of hydrogen-bond donors (Lipinski definition) is 1. The molecule has 0 amide bonds. The molecule has 25 heavy (non-hydrogen) atoms. The molecule has 0 radical (unpaired) electrons. The molecule has 1 heterocycles. The van der Waals surface area contributed by atoms with E-state index in [1.54, 1.807) is 0 Å². The summed E-state index contributed by atoms with van der Waals surface area (Å²) in [5.41, 5.74) is 2.46. The minimum atomic E-state index is -1.73. The van der Waals surface area contributed by atoms with Crippen LogP contribution in [0.1, 0.15) is 0 Å². The van der Waals surface area contributed by atoms with Crippen molar-refractivity contribution in [3.63, 3.8) is 0 Å². The van der Waals surface area contributed by atoms with Crippen LogP contribution in [0.5, 0.6) is 0 Å². The molecule has 0 saturated heterocycles. The highest BCUT2D eigenvalue weighted by Crippen LogP contribution is 2.53. The van der Waals surface area contributed by atoms with Crippen molar-refractivity contribution in [1.82, 2.24) is 4.98 Å². The van der Waals surface area contributed by atoms with Crippen LogP contribution in [0, 0.1) is 0 Å². The highest BCUT2D eigenvalue weighted by Gasteiger charge is 2.41. The zero-order valence-corrected chi connectivity index (χ0v) is 15.2. The van der Waals surface area contributed by atoms with Gasteiger partial charge in [0, 0.05) is 17.5 Å². The second-order valence-corrected chi connectivity index (χ2v) is 9.81. The third-order valence-electron chi connectivity index (χ3n) is 4.82. The van der Waals surface area contributed by atoms with Crippen LogP contribution in [-0.4, -0.2) is 11.6 Å². The lowest BCUT2D eigenvalue weighted by molar-refractivity contribution is 1.41. The van der Waals surface area contributed by atoms with Crippen LogP contribution >= 0.6 is 7.26 Å². The first-order chi connectivity index (χ1) is 12.3. The summed E-state index contributed by atoms with van der Waals surface area (Å²) in [5, 5.41) is 4.22. The van der Waals surface area contributed by atoms with Crippen molar-refractivity contribution in [2.45, 2.75) is 0 Å². The second-order valence-electron chi connectivity index (χ2n) is 6.28. The van der Waals surface area contributed by atoms with E-state index in [2.05, 4.69) is 109 Å². The Kier molecular flexibility index (Phi) is 4.26. The largest absolute Gasteiger partial charge is 0.361 e. The Morgan fingerprint density at radius 3 is 1.72 bits per heavy atom. The van der Waals surface area contributed by atoms with E-state index in [0.717, 1.165) is 0 Å². The number of nitrogens with one attached hydrogen (secondary N) is 1. The average Bonchev–Trinajstić information content (AvgIpc) is 3.23. The second kappa shape index (κ2) is 6.70. The van der Waals surface area contributed by atoms with Crippen LogP contribution in [0.3, 0.4) is 0 Å². The Balaban J connectivity index is 2.01. The maximum absolute atomic E-state index is 3.39. The summed E-state index contributed by atoms with van der Waals surface area (Å²) in [6, 6.07) is 34.9. The molecule has 0 spiro atoms. The van der Waals surface area contributed by atoms with E-state index < -0.39 is 7.26 Å². The molecular weight excluding hydrogens is 321 g/mol. The van der Waals surface area contributed by atoms with E-state index in [-0.39, 0.29) is 0 Å². The topological polar surface area (TPSA) is 15.8 Å². The lowest BCUT2D eigenvalue weighted by Crippen LogP contribution is -2.31. The van der Waals surface area contributed by atoms with Gasteiger partial charge in [-0.2, -0.15) is 0 Å². The Morgan fingerprint density at radius 1 is 0.600 bits per heavy atom. The molecule has 4 aromatic rings. The molecule has 0 atom stereocenters. The summed E-state index contributed by atoms with van der Waals surface area (Å²) in [5.74, 6) is 0. The molecule has 1 nitrogen and oxygen atoms in total. The molecule has 0 bridgehead atoms. The lowest BCUT2D eigenvalue weighted by Gasteiger charge is -2.25. The Labute approximate surface area is 149 Å². The maximum Gasteiger partial charge on any atom is 0.113 e. The third kappa shape index (κ3) is 2.81. The number of H-pyrrole nitrogens is 1. The minimum absolute atomic E-state index is 1.17. The average molecular weight is 342 g/mol. The van der Waals surface area contributed by atoms with Gasteiger partial charge < -0.3 is 4.98 Å². The first kappa shape index (κ1) is 15.9. The van der Waals surface area contributed by atoms with Crippen LogP contribution in [0.15, 0.2) is 103 Å². The van der Waals surface area contributed by atoms with Gasteiger partial charge in [-0.25, -0.2) is 0 Å². The van der Waals surface area contributed by atoms with Crippen LogP contribution in [0.4, 0.5) is 0 Å². The molecule has 3 aromatic carbocycles. The van der Waals surface area contributed by atoms with E-state index in [0.29, 0.717) is 0 Å². The van der Waals surface area contributed by atoms with Gasteiger partial charge in [0.2, 0.25) is 0 Å². The first-order valence-electron chi connectivity index (χ1n) is 8.51. The van der Waals surface area contributed by atoms with Crippen molar-refractivity contribution in [2.24, 2.45) is 0 Å². The summed E-state index contributed by atoms with van der Waals surface area (Å²) >= 11 is 0. The van der Waals surface area contributed by atoms with Gasteiger partial charge in [-0.05, 0) is 48.5 Å². The number of hydrogen-bond acceptors (Lipinski definition) is 0. The van der Waals surface area contributed by atoms with E-state index >= 15 is 0 Å². The van der Waals surface area contributed by atoms with Gasteiger partial charge in [0.15, 0.2) is 0 Å². The standard InChI is InChI=1S/C23H21NP/c1-25(19-11-4-2-5-12-19,20-13-6-3-7-14-20)23-17-9-8-15-21(23)22-16-10-18-24-22/h2-18,24H,1H3/q+1. The summed E-state index contributed by atoms with van der Waals surface area (Å²) in [4.78, 5) is 3.39. The molecule has 0 fully saturated rings. The van der Waals surface area contributed by atoms with Gasteiger partial charge in [-0.15, -0.1) is 0 Å². The first-order valence-corrected chi connectivity index (χ1v) is 10.7. The number of aromatic nitrogens is 1. The van der Waals surface area contributed by atoms with E-state index in [9.17, 15) is 0 Å². The van der Waals surface area contributed by atoms with E-state index in [4.69, 9.17) is 0 Å². The van der Waals surface area contributed by atoms with E-state index in [1.165, 1.54) is 27.2 Å². The molecule has 122 valence electrons. The smallest absolute Gasteiger partial charge is 0.113 e. The van der Waals surface area contributed by atoms with Crippen molar-refractivity contribution in [3.05, 3.63) is 103 Å². The summed E-state index contributed by atoms with van der Waals surface area (Å²) < 4.78 is 0. The molecule has 1 aromatic heterocycles. The quantitative estimate of drug-likeness (QED) is 0.522. The zero-order chi connectivity index (χ0) is 17.1. The normalized spacial score (nSPS) is 11.4. The van der Waals surface area contributed by atoms with Gasteiger partial charge >= 0.3 is 0 Å². The van der Waals surface area contributed by atoms with Crippen molar-refractivity contribution >= 4 is 23.2 Å². The van der Waals surface area contributed by atoms with Gasteiger partial charge in [-0.3, -0.25) is 0 Å². The molecule has 0 aliphatic carbocycles. The van der Waals surface area contributed by atoms with Crippen molar-refractivity contribution in [1.29, 1.82) is 0 Å². The zero-order valence-electron chi connectivity index (χ0n) is 14.3. The number of benzene rings is 3. The molecule has 0 aliphatic rings. The highest BCUT2D eigenvalue weighted by molar-refractivity contribution is 7.95. The molecule has 2 heteroatoms. The summed E-state index contributed by atoms with van der Waals surface area (Å²) in [6.45, 7) is 2.43. The Hall–Kier alpha value is -2.63. The lowest BCUT2D eigenvalue weighted by atomic mass is 10.1. The Morgan fingerprint density at radius 2 is 1.16 bits per heavy atom. The fourth-order valence-electron chi connectivity index (χ4n) is 3.47. The van der Waals surface area contributed by atoms with Crippen molar-refractivity contribution in [3.8, 4) is 11.3 Å². The predicted octanol–water partition coefficient (Wildman–Crippen LogP) is 4.61. The molecule has 1 N–H and O–H groups in total. The third-order valence-corrected chi connectivity index (χ3v) is 8.83. The molecular formula is C23H21NP+. The fraction of sp³-hybridized carbons (Fsp3) is 0.0435. The number of aromatic amines is 1. The van der Waals surface area contributed by atoms with Gasteiger partial charge in [0.25, 0.3) is 0 Å². The van der Waals surface area contributed by atoms with Gasteiger partial charge in [0.1, 0.15) is 23.2 Å². The predicted molar refractivity (Wildman–Crippen MR) is 111 cm³/mol. The molecule has 0 aliphatic heterocycles. The highest BCUT2D eigenvalue weighted by atomic mass is 31.2. The summed E-state index contributed by atoms with van der Waals surface area (Å²) in [6.07, 6.45) is 1.99. The SMILES string of the molecule is C[P+](c1ccccc1)(c1ccccc1)c1ccccc1-c1ccc[nH]1. The van der Waals surface area contributed by atoms with Gasteiger partial charge in [0.05, 0.1) is 6.66 Å². The maximum atomic E-state index is 3.39. The molecule has 0 unspecified atom stereocenters. The van der Waals surface area contributed by atoms with Gasteiger partial charge in [-0.1, -0.05) is 48.5 Å².